The number of amides is 1. The SMILES string of the molecule is CCCCCC(C)NC(=O)CCCCN. The van der Waals surface area contributed by atoms with Gasteiger partial charge in [-0.1, -0.05) is 26.2 Å². The first-order chi connectivity index (χ1) is 7.20. The average molecular weight is 214 g/mol. The van der Waals surface area contributed by atoms with Crippen LogP contribution in [0, 0.1) is 0 Å². The maximum absolute atomic E-state index is 11.4. The zero-order chi connectivity index (χ0) is 11.5. The predicted octanol–water partition coefficient (Wildman–Crippen LogP) is 2.20. The predicted molar refractivity (Wildman–Crippen MR) is 64.7 cm³/mol. The Morgan fingerprint density at radius 3 is 2.60 bits per heavy atom. The number of nitrogens with one attached hydrogen (secondary N) is 1. The van der Waals surface area contributed by atoms with Crippen molar-refractivity contribution in [3.8, 4) is 0 Å². The molecule has 0 saturated heterocycles. The first-order valence-corrected chi connectivity index (χ1v) is 6.20. The molecule has 0 heterocycles. The van der Waals surface area contributed by atoms with Gasteiger partial charge in [-0.3, -0.25) is 4.79 Å². The van der Waals surface area contributed by atoms with Crippen LogP contribution in [0.25, 0.3) is 0 Å². The minimum atomic E-state index is 0.174. The van der Waals surface area contributed by atoms with Crippen LogP contribution in [0.1, 0.15) is 58.8 Å². The van der Waals surface area contributed by atoms with Gasteiger partial charge in [0, 0.05) is 12.5 Å². The number of hydrogen-bond acceptors (Lipinski definition) is 2. The molecular formula is C12H26N2O. The summed E-state index contributed by atoms with van der Waals surface area (Å²) in [6.07, 6.45) is 7.26. The molecule has 0 rings (SSSR count). The molecule has 3 N–H and O–H groups in total. The van der Waals surface area contributed by atoms with E-state index in [0.717, 1.165) is 19.3 Å². The van der Waals surface area contributed by atoms with E-state index in [9.17, 15) is 4.79 Å². The molecule has 0 spiro atoms. The van der Waals surface area contributed by atoms with Crippen molar-refractivity contribution in [3.63, 3.8) is 0 Å². The van der Waals surface area contributed by atoms with Crippen LogP contribution in [0.3, 0.4) is 0 Å². The highest BCUT2D eigenvalue weighted by Gasteiger charge is 2.05. The smallest absolute Gasteiger partial charge is 0.220 e. The Balaban J connectivity index is 3.40. The highest BCUT2D eigenvalue weighted by Crippen LogP contribution is 2.03. The van der Waals surface area contributed by atoms with E-state index in [1.165, 1.54) is 19.3 Å². The fourth-order valence-corrected chi connectivity index (χ4v) is 1.55. The molecule has 0 aromatic rings. The summed E-state index contributed by atoms with van der Waals surface area (Å²) in [7, 11) is 0. The van der Waals surface area contributed by atoms with Gasteiger partial charge >= 0.3 is 0 Å². The molecular weight excluding hydrogens is 188 g/mol. The Morgan fingerprint density at radius 1 is 1.27 bits per heavy atom. The van der Waals surface area contributed by atoms with Gasteiger partial charge in [0.05, 0.1) is 0 Å². The molecule has 0 aliphatic heterocycles. The summed E-state index contributed by atoms with van der Waals surface area (Å²) in [4.78, 5) is 11.4. The van der Waals surface area contributed by atoms with Crippen LogP contribution >= 0.6 is 0 Å². The lowest BCUT2D eigenvalue weighted by atomic mass is 10.1. The van der Waals surface area contributed by atoms with Crippen molar-refractivity contribution in [2.45, 2.75) is 64.8 Å². The second kappa shape index (κ2) is 9.97. The average Bonchev–Trinajstić information content (AvgIpc) is 2.18. The molecule has 0 aliphatic carbocycles. The maximum atomic E-state index is 11.4. The fraction of sp³-hybridized carbons (Fsp3) is 0.917. The number of carbonyl (C=O) groups excluding carboxylic acids is 1. The fourth-order valence-electron chi connectivity index (χ4n) is 1.55. The van der Waals surface area contributed by atoms with Crippen molar-refractivity contribution in [2.24, 2.45) is 5.73 Å². The summed E-state index contributed by atoms with van der Waals surface area (Å²) < 4.78 is 0. The molecule has 0 fully saturated rings. The van der Waals surface area contributed by atoms with Crippen LogP contribution in [0.5, 0.6) is 0 Å². The van der Waals surface area contributed by atoms with Gasteiger partial charge in [0.1, 0.15) is 0 Å². The Morgan fingerprint density at radius 2 is 2.00 bits per heavy atom. The zero-order valence-corrected chi connectivity index (χ0v) is 10.2. The third kappa shape index (κ3) is 9.73. The lowest BCUT2D eigenvalue weighted by Crippen LogP contribution is -2.32. The van der Waals surface area contributed by atoms with E-state index in [-0.39, 0.29) is 5.91 Å². The number of nitrogens with two attached hydrogens (primary N) is 1. The molecule has 15 heavy (non-hydrogen) atoms. The topological polar surface area (TPSA) is 55.1 Å². The van der Waals surface area contributed by atoms with Crippen molar-refractivity contribution in [1.82, 2.24) is 5.32 Å². The minimum Gasteiger partial charge on any atom is -0.354 e. The quantitative estimate of drug-likeness (QED) is 0.578. The van der Waals surface area contributed by atoms with E-state index < -0.39 is 0 Å². The monoisotopic (exact) mass is 214 g/mol. The van der Waals surface area contributed by atoms with E-state index in [2.05, 4.69) is 19.2 Å². The van der Waals surface area contributed by atoms with E-state index in [1.54, 1.807) is 0 Å². The molecule has 0 aromatic heterocycles. The molecule has 90 valence electrons. The first-order valence-electron chi connectivity index (χ1n) is 6.20. The summed E-state index contributed by atoms with van der Waals surface area (Å²) in [5.74, 6) is 0.174. The second-order valence-electron chi connectivity index (χ2n) is 4.21. The van der Waals surface area contributed by atoms with Crippen molar-refractivity contribution in [1.29, 1.82) is 0 Å². The number of carbonyl (C=O) groups is 1. The molecule has 0 aliphatic rings. The Labute approximate surface area is 93.8 Å². The molecule has 3 nitrogen and oxygen atoms in total. The Hall–Kier alpha value is -0.570. The summed E-state index contributed by atoms with van der Waals surface area (Å²) in [6, 6.07) is 0.321. The highest BCUT2D eigenvalue weighted by molar-refractivity contribution is 5.76. The Kier molecular flexibility index (Phi) is 9.59. The third-order valence-electron chi connectivity index (χ3n) is 2.51. The molecule has 0 saturated carbocycles. The molecule has 0 aromatic carbocycles. The Bertz CT molecular complexity index is 160. The van der Waals surface area contributed by atoms with Gasteiger partial charge in [-0.2, -0.15) is 0 Å². The summed E-state index contributed by atoms with van der Waals surface area (Å²) in [5, 5.41) is 3.02. The van der Waals surface area contributed by atoms with E-state index in [0.29, 0.717) is 19.0 Å². The van der Waals surface area contributed by atoms with Crippen molar-refractivity contribution >= 4 is 5.91 Å². The van der Waals surface area contributed by atoms with E-state index in [1.807, 2.05) is 0 Å². The van der Waals surface area contributed by atoms with Crippen LogP contribution < -0.4 is 11.1 Å². The zero-order valence-electron chi connectivity index (χ0n) is 10.2. The standard InChI is InChI=1S/C12H26N2O/c1-3-4-5-8-11(2)14-12(15)9-6-7-10-13/h11H,3-10,13H2,1-2H3,(H,14,15). The lowest BCUT2D eigenvalue weighted by Gasteiger charge is -2.13. The van der Waals surface area contributed by atoms with Crippen LogP contribution in [-0.2, 0) is 4.79 Å². The van der Waals surface area contributed by atoms with E-state index in [4.69, 9.17) is 5.73 Å². The van der Waals surface area contributed by atoms with Crippen molar-refractivity contribution in [2.75, 3.05) is 6.54 Å². The van der Waals surface area contributed by atoms with Gasteiger partial charge < -0.3 is 11.1 Å². The summed E-state index contributed by atoms with van der Waals surface area (Å²) >= 11 is 0. The molecule has 1 atom stereocenters. The number of rotatable bonds is 9. The molecule has 1 amide bonds. The number of hydrogen-bond donors (Lipinski definition) is 2. The van der Waals surface area contributed by atoms with Gasteiger partial charge in [-0.25, -0.2) is 0 Å². The van der Waals surface area contributed by atoms with Gasteiger partial charge in [0.2, 0.25) is 5.91 Å². The van der Waals surface area contributed by atoms with Crippen LogP contribution in [0.2, 0.25) is 0 Å². The normalized spacial score (nSPS) is 12.5. The van der Waals surface area contributed by atoms with Crippen LogP contribution in [-0.4, -0.2) is 18.5 Å². The number of unbranched alkanes of at least 4 members (excludes halogenated alkanes) is 3. The molecule has 0 bridgehead atoms. The van der Waals surface area contributed by atoms with Crippen LogP contribution in [0.15, 0.2) is 0 Å². The van der Waals surface area contributed by atoms with Crippen molar-refractivity contribution < 1.29 is 4.79 Å². The molecule has 1 unspecified atom stereocenters. The van der Waals surface area contributed by atoms with Gasteiger partial charge in [-0.15, -0.1) is 0 Å². The van der Waals surface area contributed by atoms with E-state index >= 15 is 0 Å². The first kappa shape index (κ1) is 14.4. The minimum absolute atomic E-state index is 0.174. The van der Waals surface area contributed by atoms with Gasteiger partial charge in [0.25, 0.3) is 0 Å². The molecule has 3 heteroatoms. The molecule has 0 radical (unpaired) electrons. The third-order valence-corrected chi connectivity index (χ3v) is 2.51. The second-order valence-corrected chi connectivity index (χ2v) is 4.21. The summed E-state index contributed by atoms with van der Waals surface area (Å²) in [5.41, 5.74) is 5.37. The van der Waals surface area contributed by atoms with Gasteiger partial charge in [0.15, 0.2) is 0 Å². The van der Waals surface area contributed by atoms with Gasteiger partial charge in [-0.05, 0) is 32.7 Å². The van der Waals surface area contributed by atoms with Crippen LogP contribution in [0.4, 0.5) is 0 Å². The lowest BCUT2D eigenvalue weighted by molar-refractivity contribution is -0.121. The largest absolute Gasteiger partial charge is 0.354 e. The van der Waals surface area contributed by atoms with Crippen molar-refractivity contribution in [3.05, 3.63) is 0 Å². The highest BCUT2D eigenvalue weighted by atomic mass is 16.1. The maximum Gasteiger partial charge on any atom is 0.220 e. The summed E-state index contributed by atoms with van der Waals surface area (Å²) in [6.45, 7) is 4.95.